The van der Waals surface area contributed by atoms with E-state index >= 15 is 0 Å². The third-order valence-electron chi connectivity index (χ3n) is 1.78. The van der Waals surface area contributed by atoms with E-state index in [9.17, 15) is 0 Å². The Hall–Kier alpha value is -0.590. The van der Waals surface area contributed by atoms with Gasteiger partial charge in [-0.15, -0.1) is 0 Å². The van der Waals surface area contributed by atoms with Gasteiger partial charge in [0.15, 0.2) is 0 Å². The normalized spacial score (nSPS) is 16.4. The van der Waals surface area contributed by atoms with Gasteiger partial charge in [0, 0.05) is 11.8 Å². The van der Waals surface area contributed by atoms with E-state index in [1.54, 1.807) is 0 Å². The first kappa shape index (κ1) is 10.4. The largest absolute Gasteiger partial charge is 0.287 e. The second-order valence-electron chi connectivity index (χ2n) is 3.26. The number of aliphatic imine (C=N–C) groups is 1. The van der Waals surface area contributed by atoms with Crippen LogP contribution in [0.2, 0.25) is 0 Å². The summed E-state index contributed by atoms with van der Waals surface area (Å²) in [5.41, 5.74) is 1.12. The van der Waals surface area contributed by atoms with E-state index in [1.165, 1.54) is 0 Å². The number of allylic oxidation sites excluding steroid dienone is 2. The third kappa shape index (κ3) is 4.77. The van der Waals surface area contributed by atoms with Crippen LogP contribution in [-0.4, -0.2) is 11.8 Å². The number of hydrogen-bond acceptors (Lipinski definition) is 1. The number of hydrogen-bond donors (Lipinski definition) is 0. The van der Waals surface area contributed by atoms with Crippen molar-refractivity contribution in [1.82, 2.24) is 0 Å². The van der Waals surface area contributed by atoms with E-state index in [2.05, 4.69) is 25.8 Å². The Balaban J connectivity index is 4.07. The molecule has 0 bridgehead atoms. The lowest BCUT2D eigenvalue weighted by Gasteiger charge is -2.10. The molecule has 1 unspecified atom stereocenters. The summed E-state index contributed by atoms with van der Waals surface area (Å²) in [6.07, 6.45) is 4.06. The minimum atomic E-state index is 0.436. The Morgan fingerprint density at radius 3 is 2.18 bits per heavy atom. The molecule has 0 heterocycles. The van der Waals surface area contributed by atoms with Crippen molar-refractivity contribution in [3.05, 3.63) is 12.2 Å². The molecule has 64 valence electrons. The molecule has 1 nitrogen and oxygen atoms in total. The first-order chi connectivity index (χ1) is 5.07. The van der Waals surface area contributed by atoms with Crippen LogP contribution < -0.4 is 0 Å². The summed E-state index contributed by atoms with van der Waals surface area (Å²) >= 11 is 0. The molecule has 0 N–H and O–H groups in total. The molecule has 0 aliphatic heterocycles. The zero-order valence-corrected chi connectivity index (χ0v) is 8.26. The molecule has 0 rings (SSSR count). The standard InChI is InChI=1S/C10H19N/c1-6-7-9(4)11-10(5)8(2)3/h6-8,10H,1-5H3/b7-6-,11-9-. The zero-order chi connectivity index (χ0) is 8.85. The number of rotatable bonds is 3. The van der Waals surface area contributed by atoms with Gasteiger partial charge >= 0.3 is 0 Å². The van der Waals surface area contributed by atoms with Crippen molar-refractivity contribution >= 4 is 5.71 Å². The maximum atomic E-state index is 4.50. The summed E-state index contributed by atoms with van der Waals surface area (Å²) < 4.78 is 0. The molecule has 1 heteroatoms. The maximum absolute atomic E-state index is 4.50. The molecule has 0 amide bonds. The van der Waals surface area contributed by atoms with Crippen molar-refractivity contribution < 1.29 is 0 Å². The second kappa shape index (κ2) is 5.11. The molecule has 0 aromatic rings. The molecule has 0 aromatic carbocycles. The van der Waals surface area contributed by atoms with Gasteiger partial charge in [-0.3, -0.25) is 4.99 Å². The van der Waals surface area contributed by atoms with Crippen LogP contribution >= 0.6 is 0 Å². The van der Waals surface area contributed by atoms with Crippen LogP contribution in [0.4, 0.5) is 0 Å². The highest BCUT2D eigenvalue weighted by atomic mass is 14.8. The smallest absolute Gasteiger partial charge is 0.0497 e. The Labute approximate surface area is 70.2 Å². The molecule has 11 heavy (non-hydrogen) atoms. The molecule has 0 saturated carbocycles. The van der Waals surface area contributed by atoms with Gasteiger partial charge in [0.05, 0.1) is 0 Å². The minimum absolute atomic E-state index is 0.436. The van der Waals surface area contributed by atoms with Gasteiger partial charge in [-0.1, -0.05) is 19.9 Å². The van der Waals surface area contributed by atoms with Gasteiger partial charge in [0.1, 0.15) is 0 Å². The molecule has 0 saturated heterocycles. The van der Waals surface area contributed by atoms with Crippen molar-refractivity contribution in [3.63, 3.8) is 0 Å². The summed E-state index contributed by atoms with van der Waals surface area (Å²) in [7, 11) is 0. The molecule has 1 atom stereocenters. The Morgan fingerprint density at radius 1 is 1.27 bits per heavy atom. The van der Waals surface area contributed by atoms with E-state index in [0.29, 0.717) is 12.0 Å². The highest BCUT2D eigenvalue weighted by molar-refractivity contribution is 5.92. The average molecular weight is 153 g/mol. The summed E-state index contributed by atoms with van der Waals surface area (Å²) in [6, 6.07) is 0.436. The average Bonchev–Trinajstić information content (AvgIpc) is 1.87. The fourth-order valence-corrected chi connectivity index (χ4v) is 0.755. The monoisotopic (exact) mass is 153 g/mol. The molecule has 0 spiro atoms. The molecule has 0 aromatic heterocycles. The highest BCUT2D eigenvalue weighted by Crippen LogP contribution is 2.05. The van der Waals surface area contributed by atoms with Crippen LogP contribution in [0.1, 0.15) is 34.6 Å². The first-order valence-corrected chi connectivity index (χ1v) is 4.25. The Morgan fingerprint density at radius 2 is 1.82 bits per heavy atom. The van der Waals surface area contributed by atoms with Gasteiger partial charge in [-0.25, -0.2) is 0 Å². The van der Waals surface area contributed by atoms with Gasteiger partial charge in [-0.2, -0.15) is 0 Å². The molecular formula is C10H19N. The SMILES string of the molecule is C/C=C\C(C)=N/C(C)C(C)C. The zero-order valence-electron chi connectivity index (χ0n) is 8.26. The molecular weight excluding hydrogens is 134 g/mol. The van der Waals surface area contributed by atoms with Gasteiger partial charge in [-0.05, 0) is 32.8 Å². The van der Waals surface area contributed by atoms with Crippen molar-refractivity contribution in [2.45, 2.75) is 40.7 Å². The van der Waals surface area contributed by atoms with Crippen LogP contribution in [0.25, 0.3) is 0 Å². The van der Waals surface area contributed by atoms with Crippen molar-refractivity contribution in [2.24, 2.45) is 10.9 Å². The van der Waals surface area contributed by atoms with E-state index in [-0.39, 0.29) is 0 Å². The summed E-state index contributed by atoms with van der Waals surface area (Å²) in [4.78, 5) is 4.50. The maximum Gasteiger partial charge on any atom is 0.0497 e. The lowest BCUT2D eigenvalue weighted by Crippen LogP contribution is -2.09. The van der Waals surface area contributed by atoms with Crippen LogP contribution in [0, 0.1) is 5.92 Å². The first-order valence-electron chi connectivity index (χ1n) is 4.25. The van der Waals surface area contributed by atoms with Crippen molar-refractivity contribution in [2.75, 3.05) is 0 Å². The minimum Gasteiger partial charge on any atom is -0.287 e. The number of nitrogens with zero attached hydrogens (tertiary/aromatic N) is 1. The van der Waals surface area contributed by atoms with Crippen LogP contribution in [-0.2, 0) is 0 Å². The quantitative estimate of drug-likeness (QED) is 0.552. The van der Waals surface area contributed by atoms with Gasteiger partial charge < -0.3 is 0 Å². The van der Waals surface area contributed by atoms with Crippen molar-refractivity contribution in [3.8, 4) is 0 Å². The summed E-state index contributed by atoms with van der Waals surface area (Å²) in [5.74, 6) is 0.634. The fourth-order valence-electron chi connectivity index (χ4n) is 0.755. The van der Waals surface area contributed by atoms with E-state index in [4.69, 9.17) is 0 Å². The van der Waals surface area contributed by atoms with E-state index < -0.39 is 0 Å². The van der Waals surface area contributed by atoms with Crippen LogP contribution in [0.5, 0.6) is 0 Å². The third-order valence-corrected chi connectivity index (χ3v) is 1.78. The van der Waals surface area contributed by atoms with E-state index in [0.717, 1.165) is 5.71 Å². The van der Waals surface area contributed by atoms with Gasteiger partial charge in [0.2, 0.25) is 0 Å². The van der Waals surface area contributed by atoms with Gasteiger partial charge in [0.25, 0.3) is 0 Å². The lowest BCUT2D eigenvalue weighted by molar-refractivity contribution is 0.531. The molecule has 0 aliphatic rings. The fraction of sp³-hybridized carbons (Fsp3) is 0.700. The molecule has 0 radical (unpaired) electrons. The van der Waals surface area contributed by atoms with E-state index in [1.807, 2.05) is 26.0 Å². The Kier molecular flexibility index (Phi) is 4.84. The predicted molar refractivity (Wildman–Crippen MR) is 52.2 cm³/mol. The molecule has 0 aliphatic carbocycles. The summed E-state index contributed by atoms with van der Waals surface area (Å²) in [5, 5.41) is 0. The van der Waals surface area contributed by atoms with Crippen LogP contribution in [0.15, 0.2) is 17.1 Å². The highest BCUT2D eigenvalue weighted by Gasteiger charge is 2.03. The van der Waals surface area contributed by atoms with Crippen LogP contribution in [0.3, 0.4) is 0 Å². The van der Waals surface area contributed by atoms with Crippen molar-refractivity contribution in [1.29, 1.82) is 0 Å². The Bertz CT molecular complexity index is 154. The lowest BCUT2D eigenvalue weighted by atomic mass is 10.1. The summed E-state index contributed by atoms with van der Waals surface area (Å²) in [6.45, 7) is 10.6. The predicted octanol–water partition coefficient (Wildman–Crippen LogP) is 3.07. The second-order valence-corrected chi connectivity index (χ2v) is 3.26. The molecule has 0 fully saturated rings. The topological polar surface area (TPSA) is 12.4 Å².